The van der Waals surface area contributed by atoms with Crippen LogP contribution < -0.4 is 5.32 Å². The molecule has 0 radical (unpaired) electrons. The molecule has 1 nitrogen and oxygen atoms in total. The highest BCUT2D eigenvalue weighted by atomic mass is 79.9. The van der Waals surface area contributed by atoms with Gasteiger partial charge in [-0.15, -0.1) is 28.3 Å². The Morgan fingerprint density at radius 1 is 1.50 bits per heavy atom. The van der Waals surface area contributed by atoms with Crippen molar-refractivity contribution in [3.63, 3.8) is 0 Å². The largest absolute Gasteiger partial charge is 0.309 e. The highest BCUT2D eigenvalue weighted by Gasteiger charge is 2.12. The minimum Gasteiger partial charge on any atom is -0.309 e. The van der Waals surface area contributed by atoms with Crippen LogP contribution in [0.3, 0.4) is 0 Å². The molecular formula is C7H10BrNS. The SMILES string of the molecule is Br.Cc1scc2c1CNC2. The van der Waals surface area contributed by atoms with Crippen molar-refractivity contribution in [1.29, 1.82) is 0 Å². The first-order chi connectivity index (χ1) is 4.38. The molecule has 2 heterocycles. The van der Waals surface area contributed by atoms with Crippen molar-refractivity contribution in [3.05, 3.63) is 21.4 Å². The van der Waals surface area contributed by atoms with Crippen LogP contribution in [-0.2, 0) is 13.1 Å². The fourth-order valence-electron chi connectivity index (χ4n) is 1.24. The van der Waals surface area contributed by atoms with Crippen molar-refractivity contribution < 1.29 is 0 Å². The Hall–Kier alpha value is 0.140. The van der Waals surface area contributed by atoms with E-state index in [-0.39, 0.29) is 17.0 Å². The van der Waals surface area contributed by atoms with Crippen LogP contribution in [0.4, 0.5) is 0 Å². The minimum atomic E-state index is 0. The Balaban J connectivity index is 0.000000500. The Bertz CT molecular complexity index is 232. The first-order valence-corrected chi connectivity index (χ1v) is 4.02. The third kappa shape index (κ3) is 1.13. The standard InChI is InChI=1S/C7H9NS.BrH/c1-5-7-3-8-2-6(7)4-9-5;/h4,8H,2-3H2,1H3;1H. The number of thiophene rings is 1. The lowest BCUT2D eigenvalue weighted by molar-refractivity contribution is 0.763. The van der Waals surface area contributed by atoms with E-state index < -0.39 is 0 Å². The maximum Gasteiger partial charge on any atom is 0.0222 e. The van der Waals surface area contributed by atoms with E-state index in [1.54, 1.807) is 5.56 Å². The molecule has 1 aromatic heterocycles. The predicted molar refractivity (Wildman–Crippen MR) is 49.9 cm³/mol. The highest BCUT2D eigenvalue weighted by Crippen LogP contribution is 2.24. The summed E-state index contributed by atoms with van der Waals surface area (Å²) in [4.78, 5) is 1.48. The average Bonchev–Trinajstić information content (AvgIpc) is 2.35. The average molecular weight is 220 g/mol. The second kappa shape index (κ2) is 3.03. The van der Waals surface area contributed by atoms with Crippen LogP contribution in [0.2, 0.25) is 0 Å². The fourth-order valence-corrected chi connectivity index (χ4v) is 2.13. The molecule has 2 rings (SSSR count). The molecule has 56 valence electrons. The number of rotatable bonds is 0. The summed E-state index contributed by atoms with van der Waals surface area (Å²) in [5.41, 5.74) is 3.05. The molecule has 3 heteroatoms. The molecule has 0 aromatic carbocycles. The van der Waals surface area contributed by atoms with Crippen molar-refractivity contribution in [1.82, 2.24) is 5.32 Å². The monoisotopic (exact) mass is 219 g/mol. The van der Waals surface area contributed by atoms with Crippen LogP contribution in [0.5, 0.6) is 0 Å². The first kappa shape index (κ1) is 8.24. The highest BCUT2D eigenvalue weighted by molar-refractivity contribution is 8.93. The van der Waals surface area contributed by atoms with Gasteiger partial charge in [0.1, 0.15) is 0 Å². The van der Waals surface area contributed by atoms with E-state index in [4.69, 9.17) is 0 Å². The molecule has 1 aliphatic rings. The molecule has 1 aromatic rings. The van der Waals surface area contributed by atoms with E-state index in [1.165, 1.54) is 10.4 Å². The molecule has 0 aliphatic carbocycles. The normalized spacial score (nSPS) is 14.5. The summed E-state index contributed by atoms with van der Waals surface area (Å²) >= 11 is 1.87. The molecule has 0 bridgehead atoms. The summed E-state index contributed by atoms with van der Waals surface area (Å²) in [5.74, 6) is 0. The maximum absolute atomic E-state index is 3.32. The van der Waals surface area contributed by atoms with Crippen molar-refractivity contribution >= 4 is 28.3 Å². The first-order valence-electron chi connectivity index (χ1n) is 3.14. The van der Waals surface area contributed by atoms with Crippen LogP contribution in [0.15, 0.2) is 5.38 Å². The molecule has 0 saturated heterocycles. The van der Waals surface area contributed by atoms with E-state index >= 15 is 0 Å². The number of fused-ring (bicyclic) bond motifs is 1. The van der Waals surface area contributed by atoms with Gasteiger partial charge in [-0.1, -0.05) is 0 Å². The zero-order valence-electron chi connectivity index (χ0n) is 5.81. The fraction of sp³-hybridized carbons (Fsp3) is 0.429. The van der Waals surface area contributed by atoms with Crippen LogP contribution >= 0.6 is 28.3 Å². The lowest BCUT2D eigenvalue weighted by Crippen LogP contribution is -2.00. The number of halogens is 1. The van der Waals surface area contributed by atoms with E-state index in [0.29, 0.717) is 0 Å². The molecule has 0 saturated carbocycles. The van der Waals surface area contributed by atoms with Gasteiger partial charge in [-0.25, -0.2) is 0 Å². The predicted octanol–water partition coefficient (Wildman–Crippen LogP) is 2.24. The Morgan fingerprint density at radius 3 is 3.00 bits per heavy atom. The summed E-state index contributed by atoms with van der Waals surface area (Å²) in [6.07, 6.45) is 0. The maximum atomic E-state index is 3.32. The van der Waals surface area contributed by atoms with Crippen molar-refractivity contribution in [3.8, 4) is 0 Å². The summed E-state index contributed by atoms with van der Waals surface area (Å²) in [7, 11) is 0. The van der Waals surface area contributed by atoms with Gasteiger partial charge in [-0.05, 0) is 23.4 Å². The van der Waals surface area contributed by atoms with Crippen LogP contribution in [0.1, 0.15) is 16.0 Å². The molecule has 1 aliphatic heterocycles. The quantitative estimate of drug-likeness (QED) is 0.707. The lowest BCUT2D eigenvalue weighted by atomic mass is 10.2. The van der Waals surface area contributed by atoms with Crippen LogP contribution in [0, 0.1) is 6.92 Å². The van der Waals surface area contributed by atoms with Crippen molar-refractivity contribution in [2.24, 2.45) is 0 Å². The van der Waals surface area contributed by atoms with Crippen LogP contribution in [-0.4, -0.2) is 0 Å². The van der Waals surface area contributed by atoms with Gasteiger partial charge in [0.15, 0.2) is 0 Å². The number of aryl methyl sites for hydroxylation is 1. The molecule has 1 N–H and O–H groups in total. The lowest BCUT2D eigenvalue weighted by Gasteiger charge is -1.88. The van der Waals surface area contributed by atoms with Crippen LogP contribution in [0.25, 0.3) is 0 Å². The van der Waals surface area contributed by atoms with E-state index in [1.807, 2.05) is 11.3 Å². The zero-order chi connectivity index (χ0) is 6.27. The van der Waals surface area contributed by atoms with Gasteiger partial charge in [0, 0.05) is 18.0 Å². The van der Waals surface area contributed by atoms with Gasteiger partial charge in [0.2, 0.25) is 0 Å². The molecule has 0 spiro atoms. The number of hydrogen-bond donors (Lipinski definition) is 1. The third-order valence-corrected chi connectivity index (χ3v) is 2.81. The zero-order valence-corrected chi connectivity index (χ0v) is 8.34. The molecule has 0 amide bonds. The van der Waals surface area contributed by atoms with E-state index in [0.717, 1.165) is 13.1 Å². The second-order valence-corrected chi connectivity index (χ2v) is 3.48. The van der Waals surface area contributed by atoms with Gasteiger partial charge in [0.25, 0.3) is 0 Å². The van der Waals surface area contributed by atoms with Crippen molar-refractivity contribution in [2.75, 3.05) is 0 Å². The number of nitrogens with one attached hydrogen (secondary N) is 1. The summed E-state index contributed by atoms with van der Waals surface area (Å²) in [5, 5.41) is 5.57. The second-order valence-electron chi connectivity index (χ2n) is 2.40. The minimum absolute atomic E-state index is 0. The van der Waals surface area contributed by atoms with Gasteiger partial charge >= 0.3 is 0 Å². The molecule has 0 atom stereocenters. The summed E-state index contributed by atoms with van der Waals surface area (Å²) in [6, 6.07) is 0. The van der Waals surface area contributed by atoms with Gasteiger partial charge in [0.05, 0.1) is 0 Å². The topological polar surface area (TPSA) is 12.0 Å². The van der Waals surface area contributed by atoms with Gasteiger partial charge in [-0.2, -0.15) is 0 Å². The summed E-state index contributed by atoms with van der Waals surface area (Å²) < 4.78 is 0. The summed E-state index contributed by atoms with van der Waals surface area (Å²) in [6.45, 7) is 4.36. The number of hydrogen-bond acceptors (Lipinski definition) is 2. The Morgan fingerprint density at radius 2 is 2.30 bits per heavy atom. The Labute approximate surface area is 75.2 Å². The third-order valence-electron chi connectivity index (χ3n) is 1.81. The molecular weight excluding hydrogens is 210 g/mol. The Kier molecular flexibility index (Phi) is 2.50. The molecule has 0 fully saturated rings. The van der Waals surface area contributed by atoms with E-state index in [2.05, 4.69) is 17.6 Å². The molecule has 0 unspecified atom stereocenters. The van der Waals surface area contributed by atoms with Crippen molar-refractivity contribution in [2.45, 2.75) is 20.0 Å². The molecule has 10 heavy (non-hydrogen) atoms. The van der Waals surface area contributed by atoms with Gasteiger partial charge < -0.3 is 5.32 Å². The smallest absolute Gasteiger partial charge is 0.0222 e. The van der Waals surface area contributed by atoms with E-state index in [9.17, 15) is 0 Å². The van der Waals surface area contributed by atoms with Gasteiger partial charge in [-0.3, -0.25) is 0 Å².